The normalized spacial score (nSPS) is 15.8. The van der Waals surface area contributed by atoms with Crippen molar-refractivity contribution in [3.8, 4) is 0 Å². The molecular weight excluding hydrogens is 292 g/mol. The molecule has 122 valence electrons. The number of carbonyl (C=O) groups is 1. The summed E-state index contributed by atoms with van der Waals surface area (Å²) < 4.78 is 5.09. The van der Waals surface area contributed by atoms with Crippen molar-refractivity contribution in [1.29, 1.82) is 0 Å². The monoisotopic (exact) mass is 314 g/mol. The number of amides is 1. The van der Waals surface area contributed by atoms with Crippen molar-refractivity contribution in [3.05, 3.63) is 46.8 Å². The Morgan fingerprint density at radius 2 is 1.96 bits per heavy atom. The molecule has 0 unspecified atom stereocenters. The van der Waals surface area contributed by atoms with E-state index in [2.05, 4.69) is 10.1 Å². The zero-order valence-electron chi connectivity index (χ0n) is 13.6. The van der Waals surface area contributed by atoms with E-state index < -0.39 is 0 Å². The topological polar surface area (TPSA) is 75.6 Å². The lowest BCUT2D eigenvalue weighted by molar-refractivity contribution is 0.0625. The van der Waals surface area contributed by atoms with Gasteiger partial charge in [0.1, 0.15) is 5.76 Å². The summed E-state index contributed by atoms with van der Waals surface area (Å²) in [5.41, 5.74) is 9.04. The SMILES string of the molecule is Cc1cc(CN2CCN(C(=O)c3cc(N)ccc3C)CC2)no1. The third kappa shape index (κ3) is 3.53. The van der Waals surface area contributed by atoms with Crippen LogP contribution >= 0.6 is 0 Å². The van der Waals surface area contributed by atoms with Crippen molar-refractivity contribution in [1.82, 2.24) is 15.0 Å². The van der Waals surface area contributed by atoms with Crippen LogP contribution in [0.5, 0.6) is 0 Å². The average Bonchev–Trinajstić information content (AvgIpc) is 2.95. The van der Waals surface area contributed by atoms with Gasteiger partial charge in [-0.3, -0.25) is 9.69 Å². The number of hydrogen-bond acceptors (Lipinski definition) is 5. The largest absolute Gasteiger partial charge is 0.399 e. The summed E-state index contributed by atoms with van der Waals surface area (Å²) in [6.07, 6.45) is 0. The fourth-order valence-electron chi connectivity index (χ4n) is 2.87. The Balaban J connectivity index is 1.60. The van der Waals surface area contributed by atoms with E-state index in [0.29, 0.717) is 24.3 Å². The highest BCUT2D eigenvalue weighted by Gasteiger charge is 2.23. The smallest absolute Gasteiger partial charge is 0.254 e. The molecule has 6 heteroatoms. The summed E-state index contributed by atoms with van der Waals surface area (Å²) in [5.74, 6) is 0.887. The van der Waals surface area contributed by atoms with E-state index in [1.54, 1.807) is 6.07 Å². The summed E-state index contributed by atoms with van der Waals surface area (Å²) in [6.45, 7) is 7.68. The van der Waals surface area contributed by atoms with Crippen molar-refractivity contribution in [2.45, 2.75) is 20.4 Å². The molecule has 1 aliphatic rings. The van der Waals surface area contributed by atoms with Gasteiger partial charge in [-0.2, -0.15) is 0 Å². The highest BCUT2D eigenvalue weighted by Crippen LogP contribution is 2.17. The zero-order valence-corrected chi connectivity index (χ0v) is 13.6. The lowest BCUT2D eigenvalue weighted by atomic mass is 10.1. The Kier molecular flexibility index (Phi) is 4.34. The molecular formula is C17H22N4O2. The van der Waals surface area contributed by atoms with Gasteiger partial charge in [0.25, 0.3) is 5.91 Å². The maximum atomic E-state index is 12.7. The third-order valence-corrected chi connectivity index (χ3v) is 4.21. The molecule has 1 aromatic heterocycles. The highest BCUT2D eigenvalue weighted by atomic mass is 16.5. The summed E-state index contributed by atoms with van der Waals surface area (Å²) in [6, 6.07) is 7.44. The maximum Gasteiger partial charge on any atom is 0.254 e. The van der Waals surface area contributed by atoms with Crippen LogP contribution in [-0.2, 0) is 6.54 Å². The van der Waals surface area contributed by atoms with E-state index >= 15 is 0 Å². The van der Waals surface area contributed by atoms with Gasteiger partial charge in [0.05, 0.1) is 5.69 Å². The Morgan fingerprint density at radius 3 is 2.61 bits per heavy atom. The van der Waals surface area contributed by atoms with E-state index in [4.69, 9.17) is 10.3 Å². The molecule has 0 saturated carbocycles. The summed E-state index contributed by atoms with van der Waals surface area (Å²) >= 11 is 0. The number of aromatic nitrogens is 1. The first-order valence-electron chi connectivity index (χ1n) is 7.83. The van der Waals surface area contributed by atoms with Gasteiger partial charge in [-0.1, -0.05) is 11.2 Å². The quantitative estimate of drug-likeness (QED) is 0.875. The minimum Gasteiger partial charge on any atom is -0.399 e. The Labute approximate surface area is 135 Å². The minimum absolute atomic E-state index is 0.0618. The van der Waals surface area contributed by atoms with Crippen LogP contribution in [0.25, 0.3) is 0 Å². The van der Waals surface area contributed by atoms with Gasteiger partial charge in [0, 0.05) is 50.0 Å². The van der Waals surface area contributed by atoms with Gasteiger partial charge >= 0.3 is 0 Å². The first-order valence-corrected chi connectivity index (χ1v) is 7.83. The maximum absolute atomic E-state index is 12.7. The second-order valence-electron chi connectivity index (χ2n) is 6.07. The van der Waals surface area contributed by atoms with Crippen LogP contribution in [0.1, 0.15) is 27.4 Å². The van der Waals surface area contributed by atoms with Crippen molar-refractivity contribution < 1.29 is 9.32 Å². The molecule has 2 N–H and O–H groups in total. The number of anilines is 1. The molecule has 6 nitrogen and oxygen atoms in total. The lowest BCUT2D eigenvalue weighted by Gasteiger charge is -2.34. The fraction of sp³-hybridized carbons (Fsp3) is 0.412. The number of nitrogen functional groups attached to an aromatic ring is 1. The third-order valence-electron chi connectivity index (χ3n) is 4.21. The number of carbonyl (C=O) groups excluding carboxylic acids is 1. The number of hydrogen-bond donors (Lipinski definition) is 1. The second kappa shape index (κ2) is 6.42. The first kappa shape index (κ1) is 15.6. The predicted octanol–water partition coefficient (Wildman–Crippen LogP) is 1.83. The summed E-state index contributed by atoms with van der Waals surface area (Å²) in [4.78, 5) is 16.8. The van der Waals surface area contributed by atoms with E-state index in [1.807, 2.05) is 36.9 Å². The van der Waals surface area contributed by atoms with Gasteiger partial charge in [-0.25, -0.2) is 0 Å². The second-order valence-corrected chi connectivity index (χ2v) is 6.07. The molecule has 2 heterocycles. The molecule has 23 heavy (non-hydrogen) atoms. The molecule has 1 fully saturated rings. The van der Waals surface area contributed by atoms with Gasteiger partial charge in [-0.15, -0.1) is 0 Å². The van der Waals surface area contributed by atoms with E-state index in [1.165, 1.54) is 0 Å². The Hall–Kier alpha value is -2.34. The first-order chi connectivity index (χ1) is 11.0. The molecule has 1 aliphatic heterocycles. The van der Waals surface area contributed by atoms with Crippen molar-refractivity contribution in [2.24, 2.45) is 0 Å². The van der Waals surface area contributed by atoms with Crippen LogP contribution in [0.15, 0.2) is 28.8 Å². The van der Waals surface area contributed by atoms with Crippen LogP contribution in [0, 0.1) is 13.8 Å². The van der Waals surface area contributed by atoms with Crippen LogP contribution in [0.3, 0.4) is 0 Å². The molecule has 0 radical (unpaired) electrons. The number of rotatable bonds is 3. The molecule has 1 amide bonds. The summed E-state index contributed by atoms with van der Waals surface area (Å²) in [7, 11) is 0. The molecule has 2 aromatic rings. The lowest BCUT2D eigenvalue weighted by Crippen LogP contribution is -2.48. The number of benzene rings is 1. The van der Waals surface area contributed by atoms with E-state index in [-0.39, 0.29) is 5.91 Å². The Bertz CT molecular complexity index is 702. The zero-order chi connectivity index (χ0) is 16.4. The van der Waals surface area contributed by atoms with Crippen LogP contribution in [-0.4, -0.2) is 47.0 Å². The predicted molar refractivity (Wildman–Crippen MR) is 88.0 cm³/mol. The highest BCUT2D eigenvalue weighted by molar-refractivity contribution is 5.96. The standard InChI is InChI=1S/C17H22N4O2/c1-12-3-4-14(18)10-16(12)17(22)21-7-5-20(6-8-21)11-15-9-13(2)23-19-15/h3-4,9-10H,5-8,11,18H2,1-2H3. The minimum atomic E-state index is 0.0618. The number of piperazine rings is 1. The number of nitrogens with two attached hydrogens (primary N) is 1. The van der Waals surface area contributed by atoms with E-state index in [0.717, 1.165) is 36.7 Å². The molecule has 0 atom stereocenters. The molecule has 3 rings (SSSR count). The fourth-order valence-corrected chi connectivity index (χ4v) is 2.87. The van der Waals surface area contributed by atoms with Gasteiger partial charge in [-0.05, 0) is 31.5 Å². The molecule has 0 bridgehead atoms. The van der Waals surface area contributed by atoms with Crippen molar-refractivity contribution in [2.75, 3.05) is 31.9 Å². The van der Waals surface area contributed by atoms with Crippen LogP contribution in [0.4, 0.5) is 5.69 Å². The molecule has 0 spiro atoms. The molecule has 1 aromatic carbocycles. The molecule has 0 aliphatic carbocycles. The van der Waals surface area contributed by atoms with Gasteiger partial charge in [0.2, 0.25) is 0 Å². The van der Waals surface area contributed by atoms with Crippen LogP contribution in [0.2, 0.25) is 0 Å². The Morgan fingerprint density at radius 1 is 1.22 bits per heavy atom. The average molecular weight is 314 g/mol. The van der Waals surface area contributed by atoms with Gasteiger partial charge < -0.3 is 15.2 Å². The molecule has 1 saturated heterocycles. The number of nitrogens with zero attached hydrogens (tertiary/aromatic N) is 3. The van der Waals surface area contributed by atoms with E-state index in [9.17, 15) is 4.79 Å². The van der Waals surface area contributed by atoms with Crippen molar-refractivity contribution in [3.63, 3.8) is 0 Å². The van der Waals surface area contributed by atoms with Gasteiger partial charge in [0.15, 0.2) is 0 Å². The van der Waals surface area contributed by atoms with Crippen LogP contribution < -0.4 is 5.73 Å². The number of aryl methyl sites for hydroxylation is 2. The van der Waals surface area contributed by atoms with Crippen molar-refractivity contribution >= 4 is 11.6 Å². The summed E-state index contributed by atoms with van der Waals surface area (Å²) in [5, 5.41) is 4.02.